The van der Waals surface area contributed by atoms with E-state index in [1.807, 2.05) is 6.07 Å². The summed E-state index contributed by atoms with van der Waals surface area (Å²) in [6, 6.07) is 3.66. The highest BCUT2D eigenvalue weighted by atomic mass is 16.3. The first-order valence-electron chi connectivity index (χ1n) is 4.16. The van der Waals surface area contributed by atoms with Crippen LogP contribution in [-0.4, -0.2) is 16.6 Å². The molecule has 0 aromatic carbocycles. The van der Waals surface area contributed by atoms with E-state index >= 15 is 0 Å². The molecule has 3 nitrogen and oxygen atoms in total. The summed E-state index contributed by atoms with van der Waals surface area (Å²) in [5.41, 5.74) is 0.892. The van der Waals surface area contributed by atoms with Crippen molar-refractivity contribution in [3.05, 3.63) is 23.9 Å². The van der Waals surface area contributed by atoms with Crippen LogP contribution in [0.5, 0.6) is 0 Å². The van der Waals surface area contributed by atoms with Gasteiger partial charge in [-0.3, -0.25) is 0 Å². The number of nitrogens with one attached hydrogen (secondary N) is 1. The van der Waals surface area contributed by atoms with Gasteiger partial charge < -0.3 is 10.4 Å². The molecule has 0 saturated carbocycles. The second-order valence-corrected chi connectivity index (χ2v) is 2.63. The molecule has 1 aromatic heterocycles. The van der Waals surface area contributed by atoms with Gasteiger partial charge >= 0.3 is 0 Å². The van der Waals surface area contributed by atoms with Crippen LogP contribution in [0.1, 0.15) is 18.9 Å². The maximum Gasteiger partial charge on any atom is 0.126 e. The Morgan fingerprint density at radius 1 is 1.58 bits per heavy atom. The fourth-order valence-electron chi connectivity index (χ4n) is 0.922. The summed E-state index contributed by atoms with van der Waals surface area (Å²) in [7, 11) is 0. The van der Waals surface area contributed by atoms with Crippen LogP contribution < -0.4 is 5.32 Å². The number of aromatic nitrogens is 1. The van der Waals surface area contributed by atoms with Gasteiger partial charge in [0.2, 0.25) is 0 Å². The number of pyridine rings is 1. The van der Waals surface area contributed by atoms with Gasteiger partial charge in [0.25, 0.3) is 0 Å². The van der Waals surface area contributed by atoms with Gasteiger partial charge in [-0.1, -0.05) is 6.92 Å². The number of rotatable bonds is 4. The topological polar surface area (TPSA) is 45.1 Å². The molecule has 66 valence electrons. The molecule has 1 rings (SSSR count). The quantitative estimate of drug-likeness (QED) is 0.710. The van der Waals surface area contributed by atoms with Crippen molar-refractivity contribution in [2.24, 2.45) is 0 Å². The minimum Gasteiger partial charge on any atom is -0.392 e. The van der Waals surface area contributed by atoms with Gasteiger partial charge in [-0.05, 0) is 24.1 Å². The molecular formula is C9H14N2O. The molecule has 1 aromatic rings. The van der Waals surface area contributed by atoms with E-state index in [1.165, 1.54) is 0 Å². The zero-order chi connectivity index (χ0) is 8.81. The Bertz CT molecular complexity index is 238. The van der Waals surface area contributed by atoms with Crippen LogP contribution in [0.15, 0.2) is 18.3 Å². The van der Waals surface area contributed by atoms with E-state index in [4.69, 9.17) is 5.11 Å². The van der Waals surface area contributed by atoms with Crippen LogP contribution >= 0.6 is 0 Å². The smallest absolute Gasteiger partial charge is 0.126 e. The van der Waals surface area contributed by atoms with Crippen LogP contribution in [0, 0.1) is 0 Å². The maximum absolute atomic E-state index is 8.83. The Morgan fingerprint density at radius 3 is 3.08 bits per heavy atom. The van der Waals surface area contributed by atoms with Crippen molar-refractivity contribution in [3.63, 3.8) is 0 Å². The lowest BCUT2D eigenvalue weighted by atomic mass is 10.3. The van der Waals surface area contributed by atoms with Gasteiger partial charge in [-0.25, -0.2) is 4.98 Å². The Labute approximate surface area is 72.5 Å². The summed E-state index contributed by atoms with van der Waals surface area (Å²) in [6.07, 6.45) is 2.77. The van der Waals surface area contributed by atoms with Crippen molar-refractivity contribution in [3.8, 4) is 0 Å². The second-order valence-electron chi connectivity index (χ2n) is 2.63. The molecule has 0 spiro atoms. The second kappa shape index (κ2) is 4.72. The number of aliphatic hydroxyl groups is 1. The molecule has 2 N–H and O–H groups in total. The number of hydrogen-bond acceptors (Lipinski definition) is 3. The first-order valence-corrected chi connectivity index (χ1v) is 4.16. The summed E-state index contributed by atoms with van der Waals surface area (Å²) < 4.78 is 0. The zero-order valence-corrected chi connectivity index (χ0v) is 7.25. The van der Waals surface area contributed by atoms with Crippen LogP contribution in [0.2, 0.25) is 0 Å². The first kappa shape index (κ1) is 9.00. The van der Waals surface area contributed by atoms with Gasteiger partial charge in [0.15, 0.2) is 0 Å². The Hall–Kier alpha value is -1.09. The van der Waals surface area contributed by atoms with Crippen molar-refractivity contribution < 1.29 is 5.11 Å². The summed E-state index contributed by atoms with van der Waals surface area (Å²) >= 11 is 0. The standard InChI is InChI=1S/C9H14N2O/c1-2-4-10-9-6-8(7-12)3-5-11-9/h3,5-6,12H,2,4,7H2,1H3,(H,10,11). The molecule has 0 bridgehead atoms. The van der Waals surface area contributed by atoms with Crippen LogP contribution in [0.3, 0.4) is 0 Å². The molecule has 0 aliphatic heterocycles. The Balaban J connectivity index is 2.60. The van der Waals surface area contributed by atoms with Crippen molar-refractivity contribution in [1.82, 2.24) is 4.98 Å². The van der Waals surface area contributed by atoms with Gasteiger partial charge in [0, 0.05) is 12.7 Å². The minimum absolute atomic E-state index is 0.0727. The maximum atomic E-state index is 8.83. The van der Waals surface area contributed by atoms with E-state index < -0.39 is 0 Å². The molecule has 0 unspecified atom stereocenters. The lowest BCUT2D eigenvalue weighted by molar-refractivity contribution is 0.282. The Kier molecular flexibility index (Phi) is 3.54. The molecule has 0 aliphatic carbocycles. The highest BCUT2D eigenvalue weighted by Crippen LogP contribution is 2.05. The normalized spacial score (nSPS) is 9.83. The molecule has 0 saturated heterocycles. The van der Waals surface area contributed by atoms with Gasteiger partial charge in [0.1, 0.15) is 5.82 Å². The molecule has 1 heterocycles. The third-order valence-electron chi connectivity index (χ3n) is 1.56. The van der Waals surface area contributed by atoms with E-state index in [2.05, 4.69) is 17.2 Å². The van der Waals surface area contributed by atoms with Crippen molar-refractivity contribution >= 4 is 5.82 Å². The minimum atomic E-state index is 0.0727. The van der Waals surface area contributed by atoms with Crippen LogP contribution in [0.25, 0.3) is 0 Å². The first-order chi connectivity index (χ1) is 5.86. The SMILES string of the molecule is CCCNc1cc(CO)ccn1. The third-order valence-corrected chi connectivity index (χ3v) is 1.56. The van der Waals surface area contributed by atoms with E-state index in [0.717, 1.165) is 24.3 Å². The fraction of sp³-hybridized carbons (Fsp3) is 0.444. The molecular weight excluding hydrogens is 152 g/mol. The van der Waals surface area contributed by atoms with Gasteiger partial charge in [-0.15, -0.1) is 0 Å². The lowest BCUT2D eigenvalue weighted by Gasteiger charge is -2.03. The van der Waals surface area contributed by atoms with E-state index in [1.54, 1.807) is 12.3 Å². The molecule has 0 fully saturated rings. The van der Waals surface area contributed by atoms with E-state index in [-0.39, 0.29) is 6.61 Å². The lowest BCUT2D eigenvalue weighted by Crippen LogP contribution is -2.01. The number of anilines is 1. The third kappa shape index (κ3) is 2.51. The van der Waals surface area contributed by atoms with Crippen LogP contribution in [0.4, 0.5) is 5.82 Å². The molecule has 0 amide bonds. The molecule has 12 heavy (non-hydrogen) atoms. The fourth-order valence-corrected chi connectivity index (χ4v) is 0.922. The molecule has 0 atom stereocenters. The van der Waals surface area contributed by atoms with Gasteiger partial charge in [-0.2, -0.15) is 0 Å². The van der Waals surface area contributed by atoms with Crippen molar-refractivity contribution in [1.29, 1.82) is 0 Å². The van der Waals surface area contributed by atoms with Crippen molar-refractivity contribution in [2.45, 2.75) is 20.0 Å². The molecule has 3 heteroatoms. The summed E-state index contributed by atoms with van der Waals surface area (Å²) in [4.78, 5) is 4.10. The summed E-state index contributed by atoms with van der Waals surface area (Å²) in [6.45, 7) is 3.09. The number of hydrogen-bond donors (Lipinski definition) is 2. The predicted molar refractivity (Wildman–Crippen MR) is 48.9 cm³/mol. The highest BCUT2D eigenvalue weighted by molar-refractivity contribution is 5.36. The number of nitrogens with zero attached hydrogens (tertiary/aromatic N) is 1. The van der Waals surface area contributed by atoms with Crippen molar-refractivity contribution in [2.75, 3.05) is 11.9 Å². The highest BCUT2D eigenvalue weighted by Gasteiger charge is 1.93. The zero-order valence-electron chi connectivity index (χ0n) is 7.25. The average molecular weight is 166 g/mol. The largest absolute Gasteiger partial charge is 0.392 e. The number of aliphatic hydroxyl groups excluding tert-OH is 1. The summed E-state index contributed by atoms with van der Waals surface area (Å²) in [5, 5.41) is 12.0. The molecule has 0 aliphatic rings. The Morgan fingerprint density at radius 2 is 2.42 bits per heavy atom. The van der Waals surface area contributed by atoms with Gasteiger partial charge in [0.05, 0.1) is 6.61 Å². The van der Waals surface area contributed by atoms with E-state index in [0.29, 0.717) is 0 Å². The summed E-state index contributed by atoms with van der Waals surface area (Å²) in [5.74, 6) is 0.836. The average Bonchev–Trinajstić information content (AvgIpc) is 2.15. The predicted octanol–water partition coefficient (Wildman–Crippen LogP) is 1.40. The van der Waals surface area contributed by atoms with E-state index in [9.17, 15) is 0 Å². The monoisotopic (exact) mass is 166 g/mol. The van der Waals surface area contributed by atoms with Crippen LogP contribution in [-0.2, 0) is 6.61 Å². The molecule has 0 radical (unpaired) electrons.